The van der Waals surface area contributed by atoms with Crippen molar-refractivity contribution < 1.29 is 91.6 Å². The number of hydrogen-bond acceptors (Lipinski definition) is 10. The number of carbonyl (C=O) groups excluding carboxylic acids is 5. The number of ether oxygens (including phenoxy) is 5. The van der Waals surface area contributed by atoms with Crippen molar-refractivity contribution in [1.29, 1.82) is 0 Å². The second-order valence-electron chi connectivity index (χ2n) is 12.9. The quantitative estimate of drug-likeness (QED) is 0.0331. The van der Waals surface area contributed by atoms with Gasteiger partial charge in [0.25, 0.3) is 5.91 Å². The van der Waals surface area contributed by atoms with Crippen molar-refractivity contribution in [3.8, 4) is 28.7 Å². The molecule has 0 aromatic heterocycles. The maximum absolute atomic E-state index is 14.3. The molecule has 2 unspecified atom stereocenters. The predicted molar refractivity (Wildman–Crippen MR) is 194 cm³/mol. The minimum atomic E-state index is -2.52. The second-order valence-corrected chi connectivity index (χ2v) is 12.9. The van der Waals surface area contributed by atoms with E-state index in [4.69, 9.17) is 14.2 Å². The first-order valence-electron chi connectivity index (χ1n) is 18.1. The molecule has 0 saturated heterocycles. The summed E-state index contributed by atoms with van der Waals surface area (Å²) in [6.07, 6.45) is -0.473. The zero-order valence-corrected chi connectivity index (χ0v) is 32.8. The van der Waals surface area contributed by atoms with Crippen molar-refractivity contribution in [2.75, 3.05) is 27.4 Å². The average Bonchev–Trinajstić information content (AvgIpc) is 3.28. The van der Waals surface area contributed by atoms with Gasteiger partial charge in [0.05, 0.1) is 26.7 Å². The lowest BCUT2D eigenvalue weighted by Gasteiger charge is -2.25. The zero-order chi connectivity index (χ0) is 46.7. The molecule has 0 heterocycles. The monoisotopic (exact) mass is 905 g/mol. The van der Waals surface area contributed by atoms with Gasteiger partial charge in [-0.3, -0.25) is 19.2 Å². The highest BCUT2D eigenvalue weighted by Crippen LogP contribution is 2.35. The van der Waals surface area contributed by atoms with Gasteiger partial charge in [0, 0.05) is 18.1 Å². The van der Waals surface area contributed by atoms with Crippen molar-refractivity contribution in [1.82, 2.24) is 16.0 Å². The molecule has 23 heteroatoms. The number of rotatable bonds is 19. The first-order valence-corrected chi connectivity index (χ1v) is 18.1. The topological polar surface area (TPSA) is 168 Å². The molecule has 338 valence electrons. The SMILES string of the molecule is CCCCC(=O)NC(CC(=O)Oc1c(F)c(F)c(F)c(F)c1F)C(=O)NC(c1ccc(OCC(=O)NCC(=O)Oc2c(F)c(F)c(F)c(F)c2F)cc1)c1ccc(OC)cc1OC. The Bertz CT molecular complexity index is 2330. The Hall–Kier alpha value is -7.07. The molecule has 0 aliphatic carbocycles. The summed E-state index contributed by atoms with van der Waals surface area (Å²) in [6, 6.07) is 6.62. The Morgan fingerprint density at radius 1 is 0.603 bits per heavy atom. The van der Waals surface area contributed by atoms with Crippen LogP contribution < -0.4 is 39.6 Å². The lowest BCUT2D eigenvalue weighted by atomic mass is 9.96. The number of benzene rings is 4. The van der Waals surface area contributed by atoms with Crippen molar-refractivity contribution in [2.45, 2.75) is 44.7 Å². The number of hydrogen-bond donors (Lipinski definition) is 3. The number of carbonyl (C=O) groups is 5. The summed E-state index contributed by atoms with van der Waals surface area (Å²) in [5, 5.41) is 6.87. The highest BCUT2D eigenvalue weighted by molar-refractivity contribution is 5.92. The molecule has 4 aromatic carbocycles. The van der Waals surface area contributed by atoms with Gasteiger partial charge in [0.15, 0.2) is 6.61 Å². The number of unbranched alkanes of at least 4 members (excludes halogenated alkanes) is 1. The molecule has 0 aliphatic heterocycles. The van der Waals surface area contributed by atoms with Crippen LogP contribution in [0.25, 0.3) is 0 Å². The molecular weight excluding hydrogens is 872 g/mol. The molecular formula is C40H33F10N3O10. The van der Waals surface area contributed by atoms with Gasteiger partial charge in [-0.25, -0.2) is 31.1 Å². The van der Waals surface area contributed by atoms with Crippen LogP contribution in [-0.2, 0) is 24.0 Å². The summed E-state index contributed by atoms with van der Waals surface area (Å²) >= 11 is 0. The van der Waals surface area contributed by atoms with E-state index in [0.29, 0.717) is 18.6 Å². The minimum Gasteiger partial charge on any atom is -0.497 e. The molecule has 0 bridgehead atoms. The largest absolute Gasteiger partial charge is 0.497 e. The molecule has 4 aromatic rings. The summed E-state index contributed by atoms with van der Waals surface area (Å²) in [5.41, 5.74) is 0.469. The molecule has 4 rings (SSSR count). The van der Waals surface area contributed by atoms with E-state index >= 15 is 0 Å². The van der Waals surface area contributed by atoms with Gasteiger partial charge in [0.1, 0.15) is 29.8 Å². The van der Waals surface area contributed by atoms with Crippen LogP contribution in [-0.4, -0.2) is 63.1 Å². The number of methoxy groups -OCH3 is 2. The zero-order valence-electron chi connectivity index (χ0n) is 32.8. The Kier molecular flexibility index (Phi) is 16.7. The van der Waals surface area contributed by atoms with Crippen LogP contribution in [0.3, 0.4) is 0 Å². The fourth-order valence-corrected chi connectivity index (χ4v) is 5.40. The Balaban J connectivity index is 1.54. The molecule has 2 atom stereocenters. The number of halogens is 10. The molecule has 3 amide bonds. The van der Waals surface area contributed by atoms with Gasteiger partial charge < -0.3 is 39.6 Å². The average molecular weight is 906 g/mol. The summed E-state index contributed by atoms with van der Waals surface area (Å²) in [5.74, 6) is -33.9. The van der Waals surface area contributed by atoms with E-state index in [2.05, 4.69) is 20.1 Å². The van der Waals surface area contributed by atoms with Gasteiger partial charge in [-0.15, -0.1) is 0 Å². The van der Waals surface area contributed by atoms with Crippen LogP contribution in [0.4, 0.5) is 43.9 Å². The number of nitrogens with one attached hydrogen (secondary N) is 3. The second kappa shape index (κ2) is 21.6. The summed E-state index contributed by atoms with van der Waals surface area (Å²) in [7, 11) is 2.64. The third-order valence-corrected chi connectivity index (χ3v) is 8.60. The van der Waals surface area contributed by atoms with Gasteiger partial charge in [-0.05, 0) is 36.2 Å². The highest BCUT2D eigenvalue weighted by atomic mass is 19.2. The fourth-order valence-electron chi connectivity index (χ4n) is 5.40. The number of esters is 2. The van der Waals surface area contributed by atoms with E-state index in [9.17, 15) is 67.9 Å². The Morgan fingerprint density at radius 2 is 1.11 bits per heavy atom. The first kappa shape index (κ1) is 48.6. The van der Waals surface area contributed by atoms with Crippen molar-refractivity contribution in [2.24, 2.45) is 0 Å². The fraction of sp³-hybridized carbons (Fsp3) is 0.275. The van der Waals surface area contributed by atoms with E-state index in [0.717, 1.165) is 0 Å². The van der Waals surface area contributed by atoms with Gasteiger partial charge >= 0.3 is 11.9 Å². The highest BCUT2D eigenvalue weighted by Gasteiger charge is 2.33. The van der Waals surface area contributed by atoms with Crippen LogP contribution in [0, 0.1) is 58.2 Å². The normalized spacial score (nSPS) is 11.8. The van der Waals surface area contributed by atoms with Crippen LogP contribution >= 0.6 is 0 Å². The van der Waals surface area contributed by atoms with E-state index in [1.54, 1.807) is 6.92 Å². The van der Waals surface area contributed by atoms with Crippen LogP contribution in [0.5, 0.6) is 28.7 Å². The minimum absolute atomic E-state index is 0.0124. The summed E-state index contributed by atoms with van der Waals surface area (Å²) in [6.45, 7) is -0.152. The van der Waals surface area contributed by atoms with Crippen molar-refractivity contribution >= 4 is 29.7 Å². The molecule has 0 aliphatic rings. The smallest absolute Gasteiger partial charge is 0.331 e. The molecule has 0 spiro atoms. The van der Waals surface area contributed by atoms with E-state index < -0.39 is 131 Å². The predicted octanol–water partition coefficient (Wildman–Crippen LogP) is 6.07. The van der Waals surface area contributed by atoms with Gasteiger partial charge in [-0.1, -0.05) is 25.5 Å². The maximum atomic E-state index is 14.3. The van der Waals surface area contributed by atoms with Crippen LogP contribution in [0.15, 0.2) is 42.5 Å². The third-order valence-electron chi connectivity index (χ3n) is 8.60. The lowest BCUT2D eigenvalue weighted by molar-refractivity contribution is -0.139. The molecule has 0 saturated carbocycles. The third kappa shape index (κ3) is 11.9. The number of amides is 3. The summed E-state index contributed by atoms with van der Waals surface area (Å²) < 4.78 is 162. The van der Waals surface area contributed by atoms with Gasteiger partial charge in [0.2, 0.25) is 81.5 Å². The van der Waals surface area contributed by atoms with Gasteiger partial charge in [-0.2, -0.15) is 17.6 Å². The van der Waals surface area contributed by atoms with E-state index in [1.165, 1.54) is 56.7 Å². The molecule has 63 heavy (non-hydrogen) atoms. The van der Waals surface area contributed by atoms with Crippen molar-refractivity contribution in [3.05, 3.63) is 112 Å². The summed E-state index contributed by atoms with van der Waals surface area (Å²) in [4.78, 5) is 63.9. The molecule has 0 fully saturated rings. The van der Waals surface area contributed by atoms with Crippen LogP contribution in [0.2, 0.25) is 0 Å². The molecule has 0 radical (unpaired) electrons. The van der Waals surface area contributed by atoms with Crippen molar-refractivity contribution in [3.63, 3.8) is 0 Å². The Morgan fingerprint density at radius 3 is 1.62 bits per heavy atom. The van der Waals surface area contributed by atoms with E-state index in [-0.39, 0.29) is 29.0 Å². The standard InChI is InChI=1S/C40H33F10N3O10/c1-4-5-6-23(54)52-21(14-25(56)62-38-33(47)29(43)27(41)30(44)34(38)48)40(58)53-37(20-12-11-19(59-2)13-22(20)60-3)17-7-9-18(10-8-17)61-16-24(55)51-15-26(57)63-39-35(49)31(45)28(42)32(46)36(39)50/h7-13,21,37H,4-6,14-16H2,1-3H3,(H,51,55)(H,52,54)(H,53,58). The Labute approximate surface area is 349 Å². The molecule has 13 nitrogen and oxygen atoms in total. The first-order chi connectivity index (χ1) is 29.8. The van der Waals surface area contributed by atoms with Crippen LogP contribution in [0.1, 0.15) is 49.8 Å². The molecule has 3 N–H and O–H groups in total. The van der Waals surface area contributed by atoms with E-state index in [1.807, 2.05) is 5.32 Å². The maximum Gasteiger partial charge on any atom is 0.331 e. The lowest BCUT2D eigenvalue weighted by Crippen LogP contribution is -2.49.